The minimum Gasteiger partial charge on any atom is -0.494 e. The number of nitrogens with zero attached hydrogens (tertiary/aromatic N) is 2. The predicted octanol–water partition coefficient (Wildman–Crippen LogP) is 7.04. The van der Waals surface area contributed by atoms with Gasteiger partial charge in [-0.25, -0.2) is 4.79 Å². The first-order chi connectivity index (χ1) is 16.1. The molecule has 4 rings (SSSR count). The van der Waals surface area contributed by atoms with Crippen LogP contribution in [-0.2, 0) is 4.74 Å². The summed E-state index contributed by atoms with van der Waals surface area (Å²) in [7, 11) is 0. The van der Waals surface area contributed by atoms with Gasteiger partial charge in [0.2, 0.25) is 0 Å². The molecular weight excluding hydrogens is 414 g/mol. The molecule has 1 amide bonds. The van der Waals surface area contributed by atoms with Crippen LogP contribution in [0.2, 0.25) is 0 Å². The molecule has 0 radical (unpaired) electrons. The summed E-state index contributed by atoms with van der Waals surface area (Å²) >= 11 is 0. The number of benzene rings is 2. The summed E-state index contributed by atoms with van der Waals surface area (Å²) in [6, 6.07) is 16.4. The molecule has 0 spiro atoms. The van der Waals surface area contributed by atoms with Crippen molar-refractivity contribution in [2.75, 3.05) is 11.9 Å². The second-order valence-electron chi connectivity index (χ2n) is 8.45. The minimum absolute atomic E-state index is 0.0813. The van der Waals surface area contributed by atoms with Crippen LogP contribution in [0, 0.1) is 11.3 Å². The lowest BCUT2D eigenvalue weighted by molar-refractivity contribution is 0.106. The Morgan fingerprint density at radius 3 is 2.45 bits per heavy atom. The van der Waals surface area contributed by atoms with Gasteiger partial charge in [-0.2, -0.15) is 5.26 Å². The van der Waals surface area contributed by atoms with Gasteiger partial charge in [0.15, 0.2) is 0 Å². The number of ether oxygens (including phenoxy) is 2. The molecule has 0 aliphatic heterocycles. The number of hydrogen-bond donors (Lipinski definition) is 1. The van der Waals surface area contributed by atoms with E-state index in [-0.39, 0.29) is 6.10 Å². The maximum absolute atomic E-state index is 12.2. The number of aromatic nitrogens is 1. The van der Waals surface area contributed by atoms with E-state index in [1.807, 2.05) is 63.2 Å². The van der Waals surface area contributed by atoms with Crippen molar-refractivity contribution >= 4 is 22.7 Å². The van der Waals surface area contributed by atoms with Crippen LogP contribution in [0.1, 0.15) is 64.5 Å². The molecule has 33 heavy (non-hydrogen) atoms. The SMILES string of the molecule is CCOc1ccc2c(C#N)c(-c3ccc(NC(=O)OC(CC)CC)cc3)n(C3CCC3)c2c1. The monoisotopic (exact) mass is 445 g/mol. The van der Waals surface area contributed by atoms with Gasteiger partial charge in [-0.3, -0.25) is 5.32 Å². The van der Waals surface area contributed by atoms with Gasteiger partial charge in [0.25, 0.3) is 0 Å². The second-order valence-corrected chi connectivity index (χ2v) is 8.45. The van der Waals surface area contributed by atoms with Crippen LogP contribution in [0.4, 0.5) is 10.5 Å². The number of hydrogen-bond acceptors (Lipinski definition) is 4. The Labute approximate surface area is 195 Å². The van der Waals surface area contributed by atoms with Gasteiger partial charge in [0.05, 0.1) is 23.4 Å². The summed E-state index contributed by atoms with van der Waals surface area (Å²) in [4.78, 5) is 12.2. The first-order valence-electron chi connectivity index (χ1n) is 11.9. The lowest BCUT2D eigenvalue weighted by Gasteiger charge is -2.30. The van der Waals surface area contributed by atoms with Crippen LogP contribution in [0.3, 0.4) is 0 Å². The summed E-state index contributed by atoms with van der Waals surface area (Å²) in [5, 5.41) is 13.8. The summed E-state index contributed by atoms with van der Waals surface area (Å²) in [6.07, 6.45) is 4.44. The zero-order valence-electron chi connectivity index (χ0n) is 19.6. The summed E-state index contributed by atoms with van der Waals surface area (Å²) in [5.41, 5.74) is 4.25. The Hall–Kier alpha value is -3.46. The Bertz CT molecular complexity index is 1170. The molecule has 1 fully saturated rings. The first kappa shape index (κ1) is 22.7. The van der Waals surface area contributed by atoms with E-state index in [1.54, 1.807) is 0 Å². The third kappa shape index (κ3) is 4.54. The Morgan fingerprint density at radius 1 is 1.15 bits per heavy atom. The van der Waals surface area contributed by atoms with Gasteiger partial charge in [-0.1, -0.05) is 26.0 Å². The van der Waals surface area contributed by atoms with Gasteiger partial charge >= 0.3 is 6.09 Å². The molecule has 0 unspecified atom stereocenters. The van der Waals surface area contributed by atoms with Crippen LogP contribution in [0.5, 0.6) is 5.75 Å². The van der Waals surface area contributed by atoms with Crippen LogP contribution in [0.15, 0.2) is 42.5 Å². The van der Waals surface area contributed by atoms with E-state index >= 15 is 0 Å². The third-order valence-electron chi connectivity index (χ3n) is 6.43. The lowest BCUT2D eigenvalue weighted by Crippen LogP contribution is -2.21. The number of carbonyl (C=O) groups excluding carboxylic acids is 1. The van der Waals surface area contributed by atoms with Crippen molar-refractivity contribution < 1.29 is 14.3 Å². The van der Waals surface area contributed by atoms with E-state index in [2.05, 4.69) is 16.0 Å². The molecule has 0 saturated heterocycles. The number of fused-ring (bicyclic) bond motifs is 1. The molecule has 1 N–H and O–H groups in total. The number of nitriles is 1. The average molecular weight is 446 g/mol. The van der Waals surface area contributed by atoms with Crippen molar-refractivity contribution in [2.45, 2.75) is 65.0 Å². The Balaban J connectivity index is 1.70. The van der Waals surface area contributed by atoms with E-state index < -0.39 is 6.09 Å². The van der Waals surface area contributed by atoms with Gasteiger partial charge in [0.1, 0.15) is 17.9 Å². The fourth-order valence-corrected chi connectivity index (χ4v) is 4.43. The first-order valence-corrected chi connectivity index (χ1v) is 11.9. The molecule has 1 aromatic heterocycles. The molecule has 172 valence electrons. The van der Waals surface area contributed by atoms with Gasteiger partial charge < -0.3 is 14.0 Å². The van der Waals surface area contributed by atoms with E-state index in [0.29, 0.717) is 23.9 Å². The topological polar surface area (TPSA) is 76.3 Å². The Kier molecular flexibility index (Phi) is 6.88. The van der Waals surface area contributed by atoms with Crippen LogP contribution >= 0.6 is 0 Å². The fourth-order valence-electron chi connectivity index (χ4n) is 4.43. The van der Waals surface area contributed by atoms with Crippen molar-refractivity contribution in [1.82, 2.24) is 4.57 Å². The molecule has 1 aliphatic rings. The molecule has 3 aromatic rings. The van der Waals surface area contributed by atoms with Crippen molar-refractivity contribution in [3.05, 3.63) is 48.0 Å². The van der Waals surface area contributed by atoms with Crippen LogP contribution in [-0.4, -0.2) is 23.4 Å². The number of amides is 1. The zero-order valence-corrected chi connectivity index (χ0v) is 19.6. The maximum Gasteiger partial charge on any atom is 0.411 e. The van der Waals surface area contributed by atoms with Gasteiger partial charge in [-0.05, 0) is 68.9 Å². The molecule has 6 heteroatoms. The Morgan fingerprint density at radius 2 is 1.88 bits per heavy atom. The maximum atomic E-state index is 12.2. The molecule has 1 saturated carbocycles. The number of anilines is 1. The van der Waals surface area contributed by atoms with Crippen molar-refractivity contribution in [2.24, 2.45) is 0 Å². The summed E-state index contributed by atoms with van der Waals surface area (Å²) in [6.45, 7) is 6.57. The number of rotatable bonds is 8. The highest BCUT2D eigenvalue weighted by Crippen LogP contribution is 2.43. The molecule has 1 heterocycles. The molecule has 0 bridgehead atoms. The van der Waals surface area contributed by atoms with E-state index in [9.17, 15) is 10.1 Å². The lowest BCUT2D eigenvalue weighted by atomic mass is 9.92. The van der Waals surface area contributed by atoms with Crippen molar-refractivity contribution in [3.63, 3.8) is 0 Å². The van der Waals surface area contributed by atoms with E-state index in [4.69, 9.17) is 9.47 Å². The smallest absolute Gasteiger partial charge is 0.411 e. The fraction of sp³-hybridized carbons (Fsp3) is 0.407. The normalized spacial score (nSPS) is 13.5. The van der Waals surface area contributed by atoms with E-state index in [0.717, 1.165) is 53.6 Å². The van der Waals surface area contributed by atoms with Gasteiger partial charge in [-0.15, -0.1) is 0 Å². The third-order valence-corrected chi connectivity index (χ3v) is 6.43. The van der Waals surface area contributed by atoms with Crippen LogP contribution in [0.25, 0.3) is 22.2 Å². The number of carbonyl (C=O) groups is 1. The molecular formula is C27H31N3O3. The highest BCUT2D eigenvalue weighted by Gasteiger charge is 2.28. The van der Waals surface area contributed by atoms with E-state index in [1.165, 1.54) is 6.42 Å². The van der Waals surface area contributed by atoms with Crippen molar-refractivity contribution in [3.8, 4) is 23.1 Å². The quantitative estimate of drug-likeness (QED) is 0.403. The van der Waals surface area contributed by atoms with Gasteiger partial charge in [0, 0.05) is 23.2 Å². The summed E-state index contributed by atoms with van der Waals surface area (Å²) in [5.74, 6) is 0.814. The highest BCUT2D eigenvalue weighted by molar-refractivity contribution is 5.96. The summed E-state index contributed by atoms with van der Waals surface area (Å²) < 4.78 is 13.5. The largest absolute Gasteiger partial charge is 0.494 e. The average Bonchev–Trinajstić information content (AvgIpc) is 3.10. The zero-order chi connectivity index (χ0) is 23.4. The minimum atomic E-state index is -0.443. The highest BCUT2D eigenvalue weighted by atomic mass is 16.6. The molecule has 6 nitrogen and oxygen atoms in total. The number of nitrogens with one attached hydrogen (secondary N) is 1. The molecule has 2 aromatic carbocycles. The van der Waals surface area contributed by atoms with Crippen molar-refractivity contribution in [1.29, 1.82) is 5.26 Å². The molecule has 1 aliphatic carbocycles. The second kappa shape index (κ2) is 9.99. The van der Waals surface area contributed by atoms with Crippen LogP contribution < -0.4 is 10.1 Å². The molecule has 0 atom stereocenters. The standard InChI is InChI=1S/C27H31N3O3/c1-4-21(5-2)33-27(31)29-19-12-10-18(11-13-19)26-24(17-28)23-15-14-22(32-6-3)16-25(23)30(26)20-8-7-9-20/h10-16,20-21H,4-9H2,1-3H3,(H,29,31). The predicted molar refractivity (Wildman–Crippen MR) is 131 cm³/mol.